The largest absolute Gasteiger partial charge is 0.445 e. The van der Waals surface area contributed by atoms with E-state index in [0.717, 1.165) is 24.0 Å². The van der Waals surface area contributed by atoms with Crippen molar-refractivity contribution in [2.24, 2.45) is 0 Å². The van der Waals surface area contributed by atoms with Gasteiger partial charge in [-0.05, 0) is 76.6 Å². The first-order valence-electron chi connectivity index (χ1n) is 12.4. The average Bonchev–Trinajstić information content (AvgIpc) is 2.85. The van der Waals surface area contributed by atoms with Crippen LogP contribution in [0.4, 0.5) is 9.59 Å². The van der Waals surface area contributed by atoms with Crippen molar-refractivity contribution in [3.05, 3.63) is 71.3 Å². The van der Waals surface area contributed by atoms with Gasteiger partial charge in [-0.15, -0.1) is 0 Å². The van der Waals surface area contributed by atoms with E-state index < -0.39 is 11.7 Å². The maximum Gasteiger partial charge on any atom is 0.429 e. The molecule has 2 aromatic carbocycles. The lowest BCUT2D eigenvalue weighted by molar-refractivity contribution is 0.00594. The minimum Gasteiger partial charge on any atom is -0.445 e. The number of nitrogens with zero attached hydrogens (tertiary/aromatic N) is 2. The number of benzene rings is 2. The summed E-state index contributed by atoms with van der Waals surface area (Å²) in [7, 11) is 0. The van der Waals surface area contributed by atoms with E-state index in [1.165, 1.54) is 5.01 Å². The van der Waals surface area contributed by atoms with Crippen molar-refractivity contribution in [2.75, 3.05) is 13.1 Å². The van der Waals surface area contributed by atoms with E-state index in [-0.39, 0.29) is 24.6 Å². The fourth-order valence-corrected chi connectivity index (χ4v) is 3.98. The molecule has 3 rings (SSSR count). The van der Waals surface area contributed by atoms with Gasteiger partial charge in [0.15, 0.2) is 0 Å². The summed E-state index contributed by atoms with van der Waals surface area (Å²) in [5, 5.41) is 1.20. The zero-order valence-electron chi connectivity index (χ0n) is 21.8. The fourth-order valence-electron chi connectivity index (χ4n) is 3.98. The molecule has 1 N–H and O–H groups in total. The number of hydrazine groups is 1. The summed E-state index contributed by atoms with van der Waals surface area (Å²) >= 11 is 0. The van der Waals surface area contributed by atoms with Crippen LogP contribution >= 0.6 is 0 Å². The first-order valence-corrected chi connectivity index (χ1v) is 12.4. The number of likely N-dealkylation sites (tertiary alicyclic amines) is 1. The lowest BCUT2D eigenvalue weighted by Crippen LogP contribution is -2.51. The van der Waals surface area contributed by atoms with Crippen LogP contribution in [0.25, 0.3) is 0 Å². The zero-order valence-corrected chi connectivity index (χ0v) is 21.8. The smallest absolute Gasteiger partial charge is 0.429 e. The summed E-state index contributed by atoms with van der Waals surface area (Å²) in [5.41, 5.74) is 4.54. The number of piperidine rings is 1. The SMILES string of the molecule is CC(C)N(NC(=O)c1ccc(C2CCN(C(=O)OCc3ccccc3)CC2)cc1)C(=O)OC(C)(C)C. The van der Waals surface area contributed by atoms with Crippen molar-refractivity contribution in [1.29, 1.82) is 0 Å². The Balaban J connectivity index is 1.51. The van der Waals surface area contributed by atoms with Crippen LogP contribution in [0.5, 0.6) is 0 Å². The van der Waals surface area contributed by atoms with Gasteiger partial charge in [0.05, 0.1) is 6.04 Å². The molecule has 0 aliphatic carbocycles. The average molecular weight is 496 g/mol. The molecule has 8 heteroatoms. The number of hydrogen-bond acceptors (Lipinski definition) is 5. The summed E-state index contributed by atoms with van der Waals surface area (Å²) in [6, 6.07) is 16.8. The van der Waals surface area contributed by atoms with Gasteiger partial charge in [0, 0.05) is 18.7 Å². The Morgan fingerprint density at radius 1 is 1.00 bits per heavy atom. The number of carbonyl (C=O) groups excluding carboxylic acids is 3. The Hall–Kier alpha value is -3.55. The van der Waals surface area contributed by atoms with Crippen molar-refractivity contribution >= 4 is 18.1 Å². The zero-order chi connectivity index (χ0) is 26.3. The van der Waals surface area contributed by atoms with Gasteiger partial charge in [-0.25, -0.2) is 14.6 Å². The Kier molecular flexibility index (Phi) is 8.96. The van der Waals surface area contributed by atoms with Crippen LogP contribution in [0.1, 0.15) is 74.9 Å². The Morgan fingerprint density at radius 2 is 1.61 bits per heavy atom. The van der Waals surface area contributed by atoms with Gasteiger partial charge >= 0.3 is 12.2 Å². The van der Waals surface area contributed by atoms with Gasteiger partial charge in [0.1, 0.15) is 12.2 Å². The quantitative estimate of drug-likeness (QED) is 0.554. The predicted molar refractivity (Wildman–Crippen MR) is 137 cm³/mol. The second-order valence-corrected chi connectivity index (χ2v) is 10.3. The van der Waals surface area contributed by atoms with E-state index in [1.807, 2.05) is 42.5 Å². The Bertz CT molecular complexity index is 1020. The fraction of sp³-hybridized carbons (Fsp3) is 0.464. The van der Waals surface area contributed by atoms with Crippen LogP contribution in [0.3, 0.4) is 0 Å². The van der Waals surface area contributed by atoms with Gasteiger partial charge in [-0.3, -0.25) is 10.2 Å². The van der Waals surface area contributed by atoms with E-state index in [9.17, 15) is 14.4 Å². The molecule has 36 heavy (non-hydrogen) atoms. The summed E-state index contributed by atoms with van der Waals surface area (Å²) in [6.07, 6.45) is 0.762. The van der Waals surface area contributed by atoms with Crippen molar-refractivity contribution in [3.63, 3.8) is 0 Å². The Morgan fingerprint density at radius 3 is 2.17 bits per heavy atom. The molecule has 0 spiro atoms. The van der Waals surface area contributed by atoms with E-state index in [1.54, 1.807) is 51.7 Å². The molecule has 194 valence electrons. The highest BCUT2D eigenvalue weighted by molar-refractivity contribution is 5.95. The molecule has 1 saturated heterocycles. The highest BCUT2D eigenvalue weighted by Gasteiger charge is 2.27. The monoisotopic (exact) mass is 495 g/mol. The van der Waals surface area contributed by atoms with Crippen molar-refractivity contribution < 1.29 is 23.9 Å². The third-order valence-corrected chi connectivity index (χ3v) is 5.93. The van der Waals surface area contributed by atoms with Crippen LogP contribution < -0.4 is 5.43 Å². The first kappa shape index (κ1) is 27.0. The molecule has 0 unspecified atom stereocenters. The van der Waals surface area contributed by atoms with Gasteiger partial charge < -0.3 is 14.4 Å². The van der Waals surface area contributed by atoms with Gasteiger partial charge in [0.2, 0.25) is 0 Å². The van der Waals surface area contributed by atoms with Gasteiger partial charge in [-0.2, -0.15) is 0 Å². The maximum atomic E-state index is 12.8. The normalized spacial score (nSPS) is 14.3. The van der Waals surface area contributed by atoms with Crippen LogP contribution in [0.2, 0.25) is 0 Å². The molecule has 1 heterocycles. The van der Waals surface area contributed by atoms with Crippen LogP contribution in [0.15, 0.2) is 54.6 Å². The maximum absolute atomic E-state index is 12.8. The number of carbonyl (C=O) groups is 3. The molecule has 3 amide bonds. The summed E-state index contributed by atoms with van der Waals surface area (Å²) in [6.45, 7) is 10.5. The molecule has 1 aliphatic heterocycles. The molecule has 2 aromatic rings. The lowest BCUT2D eigenvalue weighted by Gasteiger charge is -2.31. The Labute approximate surface area is 213 Å². The molecule has 0 atom stereocenters. The molecule has 1 fully saturated rings. The minimum absolute atomic E-state index is 0.269. The summed E-state index contributed by atoms with van der Waals surface area (Å²) in [4.78, 5) is 39.4. The standard InChI is InChI=1S/C28H37N3O5/c1-20(2)31(27(34)36-28(3,4)5)29-25(32)24-13-11-22(12-14-24)23-15-17-30(18-16-23)26(33)35-19-21-9-7-6-8-10-21/h6-14,20,23H,15-19H2,1-5H3,(H,29,32). The molecule has 0 radical (unpaired) electrons. The highest BCUT2D eigenvalue weighted by Crippen LogP contribution is 2.28. The third kappa shape index (κ3) is 7.73. The molecular formula is C28H37N3O5. The van der Waals surface area contributed by atoms with Crippen LogP contribution in [-0.4, -0.2) is 52.7 Å². The molecule has 1 aliphatic rings. The van der Waals surface area contributed by atoms with Crippen molar-refractivity contribution in [3.8, 4) is 0 Å². The molecule has 8 nitrogen and oxygen atoms in total. The number of ether oxygens (including phenoxy) is 2. The molecular weight excluding hydrogens is 458 g/mol. The second kappa shape index (κ2) is 11.9. The first-order chi connectivity index (χ1) is 17.0. The van der Waals surface area contributed by atoms with Crippen LogP contribution in [0, 0.1) is 0 Å². The molecule has 0 bridgehead atoms. The summed E-state index contributed by atoms with van der Waals surface area (Å²) < 4.78 is 10.8. The van der Waals surface area contributed by atoms with Crippen LogP contribution in [-0.2, 0) is 16.1 Å². The van der Waals surface area contributed by atoms with Crippen molar-refractivity contribution in [1.82, 2.24) is 15.3 Å². The van der Waals surface area contributed by atoms with Crippen molar-refractivity contribution in [2.45, 2.75) is 71.6 Å². The minimum atomic E-state index is -0.662. The summed E-state index contributed by atoms with van der Waals surface area (Å²) in [5.74, 6) is -0.0775. The second-order valence-electron chi connectivity index (χ2n) is 10.3. The molecule has 0 saturated carbocycles. The van der Waals surface area contributed by atoms with E-state index in [2.05, 4.69) is 5.43 Å². The van der Waals surface area contributed by atoms with Gasteiger partial charge in [0.25, 0.3) is 5.91 Å². The predicted octanol–water partition coefficient (Wildman–Crippen LogP) is 5.49. The lowest BCUT2D eigenvalue weighted by atomic mass is 9.89. The number of hydrogen-bond donors (Lipinski definition) is 1. The van der Waals surface area contributed by atoms with E-state index >= 15 is 0 Å². The number of amides is 3. The highest BCUT2D eigenvalue weighted by atomic mass is 16.6. The topological polar surface area (TPSA) is 88.2 Å². The van der Waals surface area contributed by atoms with Gasteiger partial charge in [-0.1, -0.05) is 42.5 Å². The number of nitrogens with one attached hydrogen (secondary N) is 1. The molecule has 0 aromatic heterocycles. The third-order valence-electron chi connectivity index (χ3n) is 5.93. The number of rotatable bonds is 5. The van der Waals surface area contributed by atoms with E-state index in [4.69, 9.17) is 9.47 Å². The van der Waals surface area contributed by atoms with E-state index in [0.29, 0.717) is 24.6 Å².